The summed E-state index contributed by atoms with van der Waals surface area (Å²) in [6.45, 7) is 3.15. The number of hydrogen-bond acceptors (Lipinski definition) is 18. The minimum Gasteiger partial charge on any atom is -0.298 e. The Hall–Kier alpha value is -0.0600. The fraction of sp³-hybridized carbons (Fsp3) is 1.00. The summed E-state index contributed by atoms with van der Waals surface area (Å²) < 4.78 is 166. The second-order valence-electron chi connectivity index (χ2n) is 12.0. The summed E-state index contributed by atoms with van der Waals surface area (Å²) in [5.74, 6) is -2.76. The molecule has 4 rings (SSSR count). The van der Waals surface area contributed by atoms with Crippen LogP contribution in [0.4, 0.5) is 0 Å². The lowest BCUT2D eigenvalue weighted by Gasteiger charge is -2.34. The van der Waals surface area contributed by atoms with E-state index in [-0.39, 0.29) is 6.42 Å². The van der Waals surface area contributed by atoms with Crippen molar-refractivity contribution in [3.63, 3.8) is 0 Å². The largest absolute Gasteiger partial charge is 0.331 e. The van der Waals surface area contributed by atoms with E-state index in [0.717, 1.165) is 0 Å². The topological polar surface area (TPSA) is 245 Å². The smallest absolute Gasteiger partial charge is 0.298 e. The zero-order valence-electron chi connectivity index (χ0n) is 23.7. The van der Waals surface area contributed by atoms with Crippen LogP contribution in [0.15, 0.2) is 0 Å². The molecule has 18 nitrogen and oxygen atoms in total. The maximum absolute atomic E-state index is 14.1. The van der Waals surface area contributed by atoms with Crippen molar-refractivity contribution in [3.8, 4) is 0 Å². The zero-order chi connectivity index (χ0) is 32.4. The Morgan fingerprint density at radius 1 is 0.488 bits per heavy atom. The Labute approximate surface area is 250 Å². The highest BCUT2D eigenvalue weighted by Gasteiger charge is 2.53. The van der Waals surface area contributed by atoms with Gasteiger partial charge in [-0.2, -0.15) is 33.7 Å². The van der Waals surface area contributed by atoms with Gasteiger partial charge in [-0.25, -0.2) is 0 Å². The van der Waals surface area contributed by atoms with E-state index in [4.69, 9.17) is 34.8 Å². The second kappa shape index (κ2) is 11.3. The average Bonchev–Trinajstić information content (AvgIpc) is 3.40. The molecule has 4 aliphatic heterocycles. The Morgan fingerprint density at radius 2 is 0.698 bits per heavy atom. The molecule has 0 aliphatic carbocycles. The molecule has 0 aromatic rings. The first-order chi connectivity index (χ1) is 19.2. The van der Waals surface area contributed by atoms with Crippen molar-refractivity contribution in [2.45, 2.75) is 56.5 Å². The van der Waals surface area contributed by atoms with Crippen molar-refractivity contribution in [1.29, 1.82) is 0 Å². The molecule has 43 heavy (non-hydrogen) atoms. The predicted molar refractivity (Wildman–Crippen MR) is 146 cm³/mol. The Morgan fingerprint density at radius 3 is 0.860 bits per heavy atom. The predicted octanol–water partition coefficient (Wildman–Crippen LogP) is 0.304. The average molecular weight is 741 g/mol. The molecule has 0 radical (unpaired) electrons. The fourth-order valence-corrected chi connectivity index (χ4v) is 15.8. The minimum absolute atomic E-state index is 0.352. The third-order valence-electron chi connectivity index (χ3n) is 6.41. The van der Waals surface area contributed by atoms with Gasteiger partial charge in [0, 0.05) is 0 Å². The molecule has 4 atom stereocenters. The third kappa shape index (κ3) is 9.50. The van der Waals surface area contributed by atoms with E-state index in [9.17, 15) is 42.8 Å². The standard InChI is InChI=1S/C19H34O18P2S4/c1-16(8-30-40(22,23)12-16)34-38(20,35-17(2)9-31-41(24,25)13-17)6-5-7-39(21,36-18(3)10-32-42(26,27)14-18)37-19(4)11-33-43(28,29)15-19/h5-15H2,1-4H3. The molecule has 0 bridgehead atoms. The first-order valence-electron chi connectivity index (χ1n) is 12.7. The highest BCUT2D eigenvalue weighted by molar-refractivity contribution is 7.87. The molecule has 0 saturated carbocycles. The molecule has 0 N–H and O–H groups in total. The van der Waals surface area contributed by atoms with E-state index in [1.807, 2.05) is 0 Å². The summed E-state index contributed by atoms with van der Waals surface area (Å²) in [7, 11) is -25.0. The van der Waals surface area contributed by atoms with Crippen LogP contribution in [0.2, 0.25) is 0 Å². The molecule has 0 amide bonds. The van der Waals surface area contributed by atoms with Crippen LogP contribution in [-0.4, -0.2) is 118 Å². The lowest BCUT2D eigenvalue weighted by molar-refractivity contribution is 0.0152. The maximum Gasteiger partial charge on any atom is 0.331 e. The maximum atomic E-state index is 14.1. The molecule has 24 heteroatoms. The lowest BCUT2D eigenvalue weighted by Crippen LogP contribution is -2.38. The summed E-state index contributed by atoms with van der Waals surface area (Å²) in [6.07, 6.45) is -1.51. The molecular weight excluding hydrogens is 706 g/mol. The van der Waals surface area contributed by atoms with Gasteiger partial charge in [0.1, 0.15) is 45.4 Å². The van der Waals surface area contributed by atoms with Gasteiger partial charge in [-0.1, -0.05) is 0 Å². The highest BCUT2D eigenvalue weighted by atomic mass is 32.2. The molecule has 0 spiro atoms. The van der Waals surface area contributed by atoms with Crippen LogP contribution in [0.1, 0.15) is 34.1 Å². The van der Waals surface area contributed by atoms with E-state index >= 15 is 0 Å². The van der Waals surface area contributed by atoms with Gasteiger partial charge in [0.15, 0.2) is 0 Å². The molecular formula is C19H34O18P2S4. The highest BCUT2D eigenvalue weighted by Crippen LogP contribution is 2.60. The van der Waals surface area contributed by atoms with Crippen LogP contribution in [0, 0.1) is 0 Å². The van der Waals surface area contributed by atoms with E-state index < -0.39 is 140 Å². The van der Waals surface area contributed by atoms with E-state index in [2.05, 4.69) is 0 Å². The van der Waals surface area contributed by atoms with E-state index in [1.54, 1.807) is 0 Å². The van der Waals surface area contributed by atoms with Crippen molar-refractivity contribution < 1.29 is 77.6 Å². The second-order valence-corrected chi connectivity index (χ2v) is 22.7. The molecule has 4 heterocycles. The summed E-state index contributed by atoms with van der Waals surface area (Å²) in [4.78, 5) is 0. The van der Waals surface area contributed by atoms with Gasteiger partial charge in [0.05, 0.1) is 38.8 Å². The summed E-state index contributed by atoms with van der Waals surface area (Å²) in [5, 5.41) is 0. The van der Waals surface area contributed by atoms with Crippen LogP contribution in [-0.2, 0) is 84.4 Å². The third-order valence-corrected chi connectivity index (χ3v) is 16.8. The number of rotatable bonds is 12. The van der Waals surface area contributed by atoms with Crippen LogP contribution in [0.25, 0.3) is 0 Å². The molecule has 4 saturated heterocycles. The Bertz CT molecular complexity index is 1430. The normalized spacial score (nSPS) is 40.7. The van der Waals surface area contributed by atoms with E-state index in [0.29, 0.717) is 0 Å². The molecule has 4 aliphatic rings. The van der Waals surface area contributed by atoms with Gasteiger partial charge in [0.2, 0.25) is 0 Å². The molecule has 4 unspecified atom stereocenters. The molecule has 252 valence electrons. The minimum atomic E-state index is -4.46. The summed E-state index contributed by atoms with van der Waals surface area (Å²) in [5.41, 5.74) is -6.64. The van der Waals surface area contributed by atoms with Gasteiger partial charge in [0.25, 0.3) is 40.5 Å². The van der Waals surface area contributed by atoms with Crippen molar-refractivity contribution in [3.05, 3.63) is 0 Å². The quantitative estimate of drug-likeness (QED) is 0.193. The van der Waals surface area contributed by atoms with Crippen LogP contribution in [0.5, 0.6) is 0 Å². The zero-order valence-corrected chi connectivity index (χ0v) is 28.7. The number of hydrogen-bond donors (Lipinski definition) is 0. The fourth-order valence-electron chi connectivity index (χ4n) is 4.92. The van der Waals surface area contributed by atoms with Gasteiger partial charge in [-0.15, -0.1) is 0 Å². The summed E-state index contributed by atoms with van der Waals surface area (Å²) in [6, 6.07) is 0. The van der Waals surface area contributed by atoms with Crippen LogP contribution in [0.3, 0.4) is 0 Å². The van der Waals surface area contributed by atoms with Crippen LogP contribution < -0.4 is 0 Å². The van der Waals surface area contributed by atoms with Gasteiger partial charge in [-0.05, 0) is 34.1 Å². The summed E-state index contributed by atoms with van der Waals surface area (Å²) >= 11 is 0. The van der Waals surface area contributed by atoms with Crippen LogP contribution >= 0.6 is 15.2 Å². The lowest BCUT2D eigenvalue weighted by atomic mass is 10.2. The first kappa shape index (κ1) is 35.8. The van der Waals surface area contributed by atoms with Gasteiger partial charge in [-0.3, -0.25) is 44.0 Å². The van der Waals surface area contributed by atoms with Crippen molar-refractivity contribution in [2.24, 2.45) is 0 Å². The Balaban J connectivity index is 1.57. The van der Waals surface area contributed by atoms with E-state index in [1.165, 1.54) is 27.7 Å². The SMILES string of the molecule is CC1(OP(=O)(CCCP(=O)(OC2(C)COS(=O)(=O)C2)OC2(C)COS(=O)(=O)C2)OC2(C)COS(=O)(=O)C2)COS(=O)(=O)C1. The van der Waals surface area contributed by atoms with Gasteiger partial charge >= 0.3 is 15.2 Å². The van der Waals surface area contributed by atoms with Crippen molar-refractivity contribution in [1.82, 2.24) is 0 Å². The Kier molecular flexibility index (Phi) is 9.39. The molecule has 0 aromatic carbocycles. The first-order valence-corrected chi connectivity index (χ1v) is 22.4. The molecule has 4 fully saturated rings. The molecule has 0 aromatic heterocycles. The van der Waals surface area contributed by atoms with Crippen molar-refractivity contribution >= 4 is 55.7 Å². The monoisotopic (exact) mass is 740 g/mol. The van der Waals surface area contributed by atoms with Crippen molar-refractivity contribution in [2.75, 3.05) is 61.8 Å². The van der Waals surface area contributed by atoms with Gasteiger partial charge < -0.3 is 0 Å².